The number of methoxy groups -OCH3 is 1. The van der Waals surface area contributed by atoms with Crippen molar-refractivity contribution in [3.05, 3.63) is 53.8 Å². The Bertz CT molecular complexity index is 853. The summed E-state index contributed by atoms with van der Waals surface area (Å²) in [4.78, 5) is 11.5. The lowest BCUT2D eigenvalue weighted by molar-refractivity contribution is -0.119. The zero-order valence-corrected chi connectivity index (χ0v) is 14.0. The molecule has 2 aromatic carbocycles. The minimum atomic E-state index is -3.87. The minimum Gasteiger partial charge on any atom is -0.375 e. The molecule has 0 bridgehead atoms. The Morgan fingerprint density at radius 3 is 2.54 bits per heavy atom. The maximum Gasteiger partial charge on any atom is 0.262 e. The van der Waals surface area contributed by atoms with E-state index < -0.39 is 15.8 Å². The van der Waals surface area contributed by atoms with Crippen LogP contribution in [0.5, 0.6) is 0 Å². The van der Waals surface area contributed by atoms with Crippen LogP contribution in [-0.4, -0.2) is 28.0 Å². The zero-order valence-electron chi connectivity index (χ0n) is 13.2. The number of amides is 1. The van der Waals surface area contributed by atoms with Gasteiger partial charge in [0.05, 0.1) is 10.6 Å². The Balaban J connectivity index is 2.22. The number of aryl methyl sites for hydroxylation is 1. The topological polar surface area (TPSA) is 84.5 Å². The SMILES string of the molecule is COCC(=O)Nc1cccc(NS(=O)(=O)c2ccc(F)cc2C)c1. The molecule has 0 spiro atoms. The number of ether oxygens (including phenoxy) is 1. The number of carbonyl (C=O) groups excluding carboxylic acids is 1. The Kier molecular flexibility index (Phi) is 5.53. The molecular formula is C16H17FN2O4S. The van der Waals surface area contributed by atoms with E-state index in [1.165, 1.54) is 26.2 Å². The molecule has 0 atom stereocenters. The molecule has 0 saturated carbocycles. The number of nitrogens with one attached hydrogen (secondary N) is 2. The normalized spacial score (nSPS) is 11.1. The van der Waals surface area contributed by atoms with Crippen LogP contribution in [0.3, 0.4) is 0 Å². The maximum absolute atomic E-state index is 13.1. The predicted molar refractivity (Wildman–Crippen MR) is 88.9 cm³/mol. The molecule has 0 heterocycles. The van der Waals surface area contributed by atoms with Gasteiger partial charge in [0.1, 0.15) is 12.4 Å². The van der Waals surface area contributed by atoms with Gasteiger partial charge >= 0.3 is 0 Å². The number of carbonyl (C=O) groups is 1. The van der Waals surface area contributed by atoms with E-state index in [1.807, 2.05) is 0 Å². The third kappa shape index (κ3) is 4.53. The van der Waals surface area contributed by atoms with Crippen LogP contribution in [-0.2, 0) is 19.6 Å². The highest BCUT2D eigenvalue weighted by molar-refractivity contribution is 7.92. The quantitative estimate of drug-likeness (QED) is 0.837. The van der Waals surface area contributed by atoms with Crippen molar-refractivity contribution in [1.29, 1.82) is 0 Å². The summed E-state index contributed by atoms with van der Waals surface area (Å²) in [6, 6.07) is 9.68. The first kappa shape index (κ1) is 17.9. The van der Waals surface area contributed by atoms with Gasteiger partial charge in [-0.05, 0) is 48.9 Å². The molecule has 0 fully saturated rings. The zero-order chi connectivity index (χ0) is 17.7. The average Bonchev–Trinajstić information content (AvgIpc) is 2.46. The summed E-state index contributed by atoms with van der Waals surface area (Å²) in [5.41, 5.74) is 0.995. The van der Waals surface area contributed by atoms with Crippen LogP contribution in [0, 0.1) is 12.7 Å². The number of benzene rings is 2. The van der Waals surface area contributed by atoms with Gasteiger partial charge in [-0.2, -0.15) is 0 Å². The first-order valence-corrected chi connectivity index (χ1v) is 8.48. The molecule has 2 aromatic rings. The number of hydrogen-bond acceptors (Lipinski definition) is 4. The van der Waals surface area contributed by atoms with Gasteiger partial charge in [0.25, 0.3) is 10.0 Å². The molecule has 8 heteroatoms. The van der Waals surface area contributed by atoms with Gasteiger partial charge in [0.2, 0.25) is 5.91 Å². The average molecular weight is 352 g/mol. The second-order valence-corrected chi connectivity index (χ2v) is 6.73. The van der Waals surface area contributed by atoms with Crippen LogP contribution in [0.4, 0.5) is 15.8 Å². The molecule has 0 saturated heterocycles. The summed E-state index contributed by atoms with van der Waals surface area (Å²) in [7, 11) is -2.47. The van der Waals surface area contributed by atoms with Gasteiger partial charge in [0.15, 0.2) is 0 Å². The number of hydrogen-bond donors (Lipinski definition) is 2. The molecule has 2 rings (SSSR count). The summed E-state index contributed by atoms with van der Waals surface area (Å²) in [6.07, 6.45) is 0. The molecule has 0 radical (unpaired) electrons. The summed E-state index contributed by atoms with van der Waals surface area (Å²) in [6.45, 7) is 1.41. The van der Waals surface area contributed by atoms with E-state index >= 15 is 0 Å². The van der Waals surface area contributed by atoms with Crippen LogP contribution >= 0.6 is 0 Å². The Labute approximate surface area is 139 Å². The minimum absolute atomic E-state index is 0.0160. The first-order valence-electron chi connectivity index (χ1n) is 6.99. The smallest absolute Gasteiger partial charge is 0.262 e. The van der Waals surface area contributed by atoms with Gasteiger partial charge in [0, 0.05) is 12.8 Å². The summed E-state index contributed by atoms with van der Waals surface area (Å²) in [5.74, 6) is -0.860. The molecule has 128 valence electrons. The largest absolute Gasteiger partial charge is 0.375 e. The van der Waals surface area contributed by atoms with Crippen molar-refractivity contribution in [2.45, 2.75) is 11.8 Å². The fraction of sp³-hybridized carbons (Fsp3) is 0.188. The molecule has 6 nitrogen and oxygen atoms in total. The highest BCUT2D eigenvalue weighted by atomic mass is 32.2. The van der Waals surface area contributed by atoms with Gasteiger partial charge < -0.3 is 10.1 Å². The molecular weight excluding hydrogens is 335 g/mol. The van der Waals surface area contributed by atoms with E-state index in [9.17, 15) is 17.6 Å². The molecule has 24 heavy (non-hydrogen) atoms. The van der Waals surface area contributed by atoms with Crippen molar-refractivity contribution in [3.63, 3.8) is 0 Å². The second-order valence-electron chi connectivity index (χ2n) is 5.08. The van der Waals surface area contributed by atoms with Crippen molar-refractivity contribution in [3.8, 4) is 0 Å². The standard InChI is InChI=1S/C16H17FN2O4S/c1-11-8-12(17)6-7-15(11)24(21,22)19-14-5-3-4-13(9-14)18-16(20)10-23-2/h3-9,19H,10H2,1-2H3,(H,18,20). The fourth-order valence-corrected chi connectivity index (χ4v) is 3.39. The van der Waals surface area contributed by atoms with E-state index in [0.717, 1.165) is 12.1 Å². The molecule has 2 N–H and O–H groups in total. The third-order valence-corrected chi connectivity index (χ3v) is 4.64. The second kappa shape index (κ2) is 7.41. The number of rotatable bonds is 6. The highest BCUT2D eigenvalue weighted by Gasteiger charge is 2.17. The van der Waals surface area contributed by atoms with Crippen LogP contribution < -0.4 is 10.0 Å². The fourth-order valence-electron chi connectivity index (χ4n) is 2.11. The van der Waals surface area contributed by atoms with Crippen LogP contribution in [0.25, 0.3) is 0 Å². The van der Waals surface area contributed by atoms with E-state index in [1.54, 1.807) is 18.2 Å². The monoisotopic (exact) mass is 352 g/mol. The van der Waals surface area contributed by atoms with Gasteiger partial charge in [-0.25, -0.2) is 12.8 Å². The lowest BCUT2D eigenvalue weighted by Gasteiger charge is -2.12. The van der Waals surface area contributed by atoms with Crippen LogP contribution in [0.2, 0.25) is 0 Å². The Hall–Kier alpha value is -2.45. The van der Waals surface area contributed by atoms with E-state index in [-0.39, 0.29) is 23.1 Å². The van der Waals surface area contributed by atoms with Crippen LogP contribution in [0.15, 0.2) is 47.4 Å². The van der Waals surface area contributed by atoms with Crippen molar-refractivity contribution in [2.75, 3.05) is 23.8 Å². The predicted octanol–water partition coefficient (Wildman–Crippen LogP) is 2.52. The van der Waals surface area contributed by atoms with Crippen molar-refractivity contribution in [2.24, 2.45) is 0 Å². The molecule has 0 aliphatic carbocycles. The summed E-state index contributed by atoms with van der Waals surface area (Å²) < 4.78 is 45.1. The van der Waals surface area contributed by atoms with Gasteiger partial charge in [-0.15, -0.1) is 0 Å². The first-order chi connectivity index (χ1) is 11.3. The molecule has 0 unspecified atom stereocenters. The highest BCUT2D eigenvalue weighted by Crippen LogP contribution is 2.22. The van der Waals surface area contributed by atoms with Gasteiger partial charge in [-0.3, -0.25) is 9.52 Å². The van der Waals surface area contributed by atoms with Crippen molar-refractivity contribution in [1.82, 2.24) is 0 Å². The van der Waals surface area contributed by atoms with Crippen LogP contribution in [0.1, 0.15) is 5.56 Å². The molecule has 0 aromatic heterocycles. The Morgan fingerprint density at radius 2 is 1.88 bits per heavy atom. The number of halogens is 1. The van der Waals surface area contributed by atoms with Gasteiger partial charge in [-0.1, -0.05) is 6.07 Å². The lowest BCUT2D eigenvalue weighted by Crippen LogP contribution is -2.18. The number of anilines is 2. The molecule has 0 aliphatic rings. The molecule has 1 amide bonds. The maximum atomic E-state index is 13.1. The van der Waals surface area contributed by atoms with Crippen molar-refractivity contribution >= 4 is 27.3 Å². The number of sulfonamides is 1. The van der Waals surface area contributed by atoms with E-state index in [2.05, 4.69) is 10.0 Å². The third-order valence-electron chi connectivity index (χ3n) is 3.10. The molecule has 0 aliphatic heterocycles. The van der Waals surface area contributed by atoms with E-state index in [4.69, 9.17) is 4.74 Å². The summed E-state index contributed by atoms with van der Waals surface area (Å²) >= 11 is 0. The lowest BCUT2D eigenvalue weighted by atomic mass is 10.2. The van der Waals surface area contributed by atoms with E-state index in [0.29, 0.717) is 11.3 Å². The van der Waals surface area contributed by atoms with Crippen molar-refractivity contribution < 1.29 is 22.3 Å². The Morgan fingerprint density at radius 1 is 1.17 bits per heavy atom. The summed E-state index contributed by atoms with van der Waals surface area (Å²) in [5, 5.41) is 2.58.